The number of thiophene rings is 2. The average molecular weight is 766 g/mol. The lowest BCUT2D eigenvalue weighted by Crippen LogP contribution is -2.00. The lowest BCUT2D eigenvalue weighted by Gasteiger charge is -2.09. The van der Waals surface area contributed by atoms with Crippen LogP contribution in [0.25, 0.3) is 119 Å². The van der Waals surface area contributed by atoms with E-state index in [1.54, 1.807) is 22.7 Å². The summed E-state index contributed by atoms with van der Waals surface area (Å²) in [5.41, 5.74) is 7.76. The van der Waals surface area contributed by atoms with Crippen LogP contribution in [-0.4, -0.2) is 24.9 Å². The monoisotopic (exact) mass is 765 g/mol. The van der Waals surface area contributed by atoms with Crippen LogP contribution in [0.2, 0.25) is 0 Å². The van der Waals surface area contributed by atoms with Gasteiger partial charge in [0.25, 0.3) is 0 Å². The van der Waals surface area contributed by atoms with Crippen LogP contribution < -0.4 is 0 Å². The summed E-state index contributed by atoms with van der Waals surface area (Å²) in [6, 6.07) is 56.4. The smallest absolute Gasteiger partial charge is 0.180 e. The Balaban J connectivity index is 1.06. The van der Waals surface area contributed by atoms with Crippen LogP contribution in [0.3, 0.4) is 0 Å². The van der Waals surface area contributed by atoms with E-state index in [-0.39, 0.29) is 0 Å². The lowest BCUT2D eigenvalue weighted by molar-refractivity contribution is 0.667. The maximum absolute atomic E-state index is 6.41. The molecule has 0 saturated carbocycles. The van der Waals surface area contributed by atoms with E-state index in [1.807, 2.05) is 66.7 Å². The van der Waals surface area contributed by atoms with Crippen molar-refractivity contribution in [2.75, 3.05) is 0 Å². The molecule has 266 valence electrons. The molecule has 57 heavy (non-hydrogen) atoms. The molecule has 0 spiro atoms. The first-order chi connectivity index (χ1) is 28.2. The van der Waals surface area contributed by atoms with Gasteiger partial charge >= 0.3 is 0 Å². The molecule has 5 aromatic heterocycles. The van der Waals surface area contributed by atoms with E-state index >= 15 is 0 Å². The van der Waals surface area contributed by atoms with Gasteiger partial charge in [-0.2, -0.15) is 0 Å². The first-order valence-corrected chi connectivity index (χ1v) is 20.3. The van der Waals surface area contributed by atoms with Gasteiger partial charge in [-0.25, -0.2) is 24.9 Å². The molecule has 0 amide bonds. The van der Waals surface area contributed by atoms with Crippen LogP contribution in [-0.2, 0) is 0 Å². The molecule has 0 aliphatic carbocycles. The summed E-state index contributed by atoms with van der Waals surface area (Å²) in [6.45, 7) is 0. The first-order valence-electron chi connectivity index (χ1n) is 18.7. The highest BCUT2D eigenvalue weighted by molar-refractivity contribution is 7.26. The molecule has 8 heteroatoms. The summed E-state index contributed by atoms with van der Waals surface area (Å²) in [5, 5.41) is 5.66. The molecule has 12 rings (SSSR count). The Bertz CT molecular complexity index is 3540. The Morgan fingerprint density at radius 3 is 1.81 bits per heavy atom. The molecule has 0 fully saturated rings. The van der Waals surface area contributed by atoms with Crippen molar-refractivity contribution >= 4 is 85.1 Å². The predicted molar refractivity (Wildman–Crippen MR) is 236 cm³/mol. The fourth-order valence-electron chi connectivity index (χ4n) is 7.87. The minimum absolute atomic E-state index is 0.614. The quantitative estimate of drug-likeness (QED) is 0.174. The fraction of sp³-hybridized carbons (Fsp3) is 0. The van der Waals surface area contributed by atoms with Gasteiger partial charge in [0.2, 0.25) is 0 Å². The summed E-state index contributed by atoms with van der Waals surface area (Å²) < 4.78 is 11.2. The SMILES string of the molecule is c1ccc(-c2nc(-c3ccc4c(c3)sc3ccccc34)nc(-c3ccc4sc5cccc(-c6nc(-c7ccccc7)c7oc8ccccc8c7n6)c5c4c3)n2)cc1. The van der Waals surface area contributed by atoms with Crippen LogP contribution in [0.15, 0.2) is 168 Å². The molecule has 0 saturated heterocycles. The van der Waals surface area contributed by atoms with Gasteiger partial charge in [-0.1, -0.05) is 115 Å². The van der Waals surface area contributed by atoms with Gasteiger partial charge in [0.15, 0.2) is 28.9 Å². The summed E-state index contributed by atoms with van der Waals surface area (Å²) in [7, 11) is 0. The second-order valence-corrected chi connectivity index (χ2v) is 16.2. The molecular formula is C49H27N5OS2. The largest absolute Gasteiger partial charge is 0.452 e. The number of hydrogen-bond donors (Lipinski definition) is 0. The molecule has 0 N–H and O–H groups in total. The van der Waals surface area contributed by atoms with Gasteiger partial charge in [0.05, 0.1) is 0 Å². The number of nitrogens with zero attached hydrogens (tertiary/aromatic N) is 5. The van der Waals surface area contributed by atoms with Gasteiger partial charge in [-0.05, 0) is 48.5 Å². The third-order valence-corrected chi connectivity index (χ3v) is 12.8. The maximum Gasteiger partial charge on any atom is 0.180 e. The van der Waals surface area contributed by atoms with Gasteiger partial charge in [-0.15, -0.1) is 22.7 Å². The molecule has 6 nitrogen and oxygen atoms in total. The number of furan rings is 1. The second kappa shape index (κ2) is 12.7. The Hall–Kier alpha value is -7.13. The van der Waals surface area contributed by atoms with E-state index in [1.165, 1.54) is 20.2 Å². The number of benzene rings is 7. The fourth-order valence-corrected chi connectivity index (χ4v) is 10.1. The van der Waals surface area contributed by atoms with E-state index in [0.717, 1.165) is 70.2 Å². The van der Waals surface area contributed by atoms with Crippen LogP contribution in [0.1, 0.15) is 0 Å². The van der Waals surface area contributed by atoms with Crippen LogP contribution in [0.5, 0.6) is 0 Å². The third-order valence-electron chi connectivity index (χ3n) is 10.6. The van der Waals surface area contributed by atoms with Gasteiger partial charge < -0.3 is 4.42 Å². The topological polar surface area (TPSA) is 77.6 Å². The summed E-state index contributed by atoms with van der Waals surface area (Å²) in [5.74, 6) is 2.53. The number of aromatic nitrogens is 5. The highest BCUT2D eigenvalue weighted by Crippen LogP contribution is 2.43. The first kappa shape index (κ1) is 32.1. The van der Waals surface area contributed by atoms with E-state index in [9.17, 15) is 0 Å². The lowest BCUT2D eigenvalue weighted by atomic mass is 10.0. The van der Waals surface area contributed by atoms with Gasteiger partial charge in [0.1, 0.15) is 16.8 Å². The zero-order valence-electron chi connectivity index (χ0n) is 30.0. The Labute approximate surface area is 333 Å². The minimum Gasteiger partial charge on any atom is -0.452 e. The van der Waals surface area contributed by atoms with E-state index in [4.69, 9.17) is 29.3 Å². The van der Waals surface area contributed by atoms with Crippen molar-refractivity contribution in [1.29, 1.82) is 0 Å². The number of hydrogen-bond acceptors (Lipinski definition) is 8. The maximum atomic E-state index is 6.41. The highest BCUT2D eigenvalue weighted by atomic mass is 32.1. The molecule has 0 aliphatic heterocycles. The van der Waals surface area contributed by atoms with E-state index in [2.05, 4.69) is 97.1 Å². The molecule has 0 atom stereocenters. The minimum atomic E-state index is 0.614. The van der Waals surface area contributed by atoms with Crippen molar-refractivity contribution in [2.45, 2.75) is 0 Å². The van der Waals surface area contributed by atoms with Crippen molar-refractivity contribution in [1.82, 2.24) is 24.9 Å². The van der Waals surface area contributed by atoms with Crippen molar-refractivity contribution in [3.8, 4) is 56.8 Å². The van der Waals surface area contributed by atoms with Crippen LogP contribution in [0.4, 0.5) is 0 Å². The summed E-state index contributed by atoms with van der Waals surface area (Å²) in [4.78, 5) is 25.8. The molecule has 0 radical (unpaired) electrons. The van der Waals surface area contributed by atoms with Crippen LogP contribution in [0, 0.1) is 0 Å². The third kappa shape index (κ3) is 5.26. The number of fused-ring (bicyclic) bond motifs is 9. The molecule has 0 unspecified atom stereocenters. The van der Waals surface area contributed by atoms with Gasteiger partial charge in [-0.3, -0.25) is 0 Å². The van der Waals surface area contributed by atoms with Crippen molar-refractivity contribution in [2.24, 2.45) is 0 Å². The molecule has 0 bridgehead atoms. The summed E-state index contributed by atoms with van der Waals surface area (Å²) in [6.07, 6.45) is 0. The second-order valence-electron chi connectivity index (χ2n) is 14.0. The highest BCUT2D eigenvalue weighted by Gasteiger charge is 2.21. The standard InChI is InChI=1S/C49H27N5OS2/c1-3-12-28(13-4-1)43-45-44(34-17-7-9-19-37(34)55-45)51-49(50-43)35-18-11-21-40-42(35)36-26-30(23-25-39(36)56-40)47-52-46(29-14-5-2-6-15-29)53-48(54-47)31-22-24-33-32-16-8-10-20-38(32)57-41(33)27-31/h1-27H. The normalized spacial score (nSPS) is 11.9. The van der Waals surface area contributed by atoms with Gasteiger partial charge in [0, 0.05) is 73.5 Å². The van der Waals surface area contributed by atoms with Crippen molar-refractivity contribution in [3.63, 3.8) is 0 Å². The van der Waals surface area contributed by atoms with Crippen molar-refractivity contribution in [3.05, 3.63) is 164 Å². The van der Waals surface area contributed by atoms with E-state index < -0.39 is 0 Å². The number of rotatable bonds is 5. The van der Waals surface area contributed by atoms with Crippen LogP contribution >= 0.6 is 22.7 Å². The molecule has 0 aliphatic rings. The Morgan fingerprint density at radius 1 is 0.368 bits per heavy atom. The molecular weight excluding hydrogens is 739 g/mol. The predicted octanol–water partition coefficient (Wildman–Crippen LogP) is 13.6. The number of para-hydroxylation sites is 1. The zero-order valence-corrected chi connectivity index (χ0v) is 31.7. The van der Waals surface area contributed by atoms with Crippen molar-refractivity contribution < 1.29 is 4.42 Å². The summed E-state index contributed by atoms with van der Waals surface area (Å²) >= 11 is 3.55. The Morgan fingerprint density at radius 2 is 0.982 bits per heavy atom. The zero-order chi connectivity index (χ0) is 37.5. The molecule has 12 aromatic rings. The average Bonchev–Trinajstić information content (AvgIpc) is 3.97. The molecule has 5 heterocycles. The molecule has 7 aromatic carbocycles. The van der Waals surface area contributed by atoms with E-state index in [0.29, 0.717) is 28.9 Å². The Kier molecular flexibility index (Phi) is 7.17.